The van der Waals surface area contributed by atoms with Crippen molar-refractivity contribution in [3.8, 4) is 12.1 Å². The van der Waals surface area contributed by atoms with Crippen LogP contribution in [-0.4, -0.2) is 4.98 Å². The van der Waals surface area contributed by atoms with Crippen LogP contribution in [0.5, 0.6) is 0 Å². The highest BCUT2D eigenvalue weighted by molar-refractivity contribution is 5.55. The van der Waals surface area contributed by atoms with Gasteiger partial charge in [0.1, 0.15) is 17.7 Å². The van der Waals surface area contributed by atoms with Crippen LogP contribution in [0, 0.1) is 35.4 Å². The highest BCUT2D eigenvalue weighted by atomic mass is 19.1. The van der Waals surface area contributed by atoms with Gasteiger partial charge in [-0.2, -0.15) is 10.5 Å². The lowest BCUT2D eigenvalue weighted by Gasteiger charge is -2.09. The Bertz CT molecular complexity index is 726. The van der Waals surface area contributed by atoms with Gasteiger partial charge in [-0.3, -0.25) is 0 Å². The second-order valence-electron chi connectivity index (χ2n) is 4.23. The van der Waals surface area contributed by atoms with Gasteiger partial charge in [0.15, 0.2) is 0 Å². The molecule has 0 aliphatic carbocycles. The maximum Gasteiger partial charge on any atom is 0.144 e. The molecular formula is C15H11FN4. The van der Waals surface area contributed by atoms with Crippen molar-refractivity contribution in [1.29, 1.82) is 10.5 Å². The first-order chi connectivity index (χ1) is 9.65. The summed E-state index contributed by atoms with van der Waals surface area (Å²) in [6.45, 7) is 2.01. The van der Waals surface area contributed by atoms with E-state index in [-0.39, 0.29) is 12.1 Å². The SMILES string of the molecule is Cc1ccnc(NCc2ccc(C#N)cc2F)c1C#N. The third kappa shape index (κ3) is 2.73. The van der Waals surface area contributed by atoms with Crippen LogP contribution in [0.15, 0.2) is 30.5 Å². The molecule has 0 spiro atoms. The Balaban J connectivity index is 2.20. The predicted molar refractivity (Wildman–Crippen MR) is 72.1 cm³/mol. The van der Waals surface area contributed by atoms with Crippen molar-refractivity contribution >= 4 is 5.82 Å². The first kappa shape index (κ1) is 13.5. The van der Waals surface area contributed by atoms with E-state index < -0.39 is 5.82 Å². The highest BCUT2D eigenvalue weighted by Gasteiger charge is 2.08. The van der Waals surface area contributed by atoms with E-state index in [0.29, 0.717) is 16.9 Å². The molecule has 0 unspecified atom stereocenters. The van der Waals surface area contributed by atoms with Crippen molar-refractivity contribution in [2.45, 2.75) is 13.5 Å². The second-order valence-corrected chi connectivity index (χ2v) is 4.23. The van der Waals surface area contributed by atoms with E-state index in [4.69, 9.17) is 10.5 Å². The van der Waals surface area contributed by atoms with Gasteiger partial charge in [0.05, 0.1) is 17.2 Å². The molecule has 0 saturated carbocycles. The summed E-state index contributed by atoms with van der Waals surface area (Å²) >= 11 is 0. The van der Waals surface area contributed by atoms with E-state index in [1.807, 2.05) is 13.0 Å². The maximum atomic E-state index is 13.7. The molecule has 0 amide bonds. The molecule has 0 saturated heterocycles. The molecule has 2 rings (SSSR count). The number of nitrogens with zero attached hydrogens (tertiary/aromatic N) is 3. The fourth-order valence-electron chi connectivity index (χ4n) is 1.77. The number of nitriles is 2. The monoisotopic (exact) mass is 266 g/mol. The number of hydrogen-bond acceptors (Lipinski definition) is 4. The Labute approximate surface area is 116 Å². The van der Waals surface area contributed by atoms with Gasteiger partial charge in [-0.05, 0) is 30.7 Å². The van der Waals surface area contributed by atoms with Gasteiger partial charge < -0.3 is 5.32 Å². The van der Waals surface area contributed by atoms with Crippen molar-refractivity contribution in [2.24, 2.45) is 0 Å². The molecule has 1 aromatic carbocycles. The summed E-state index contributed by atoms with van der Waals surface area (Å²) in [5, 5.41) is 20.7. The number of pyridine rings is 1. The molecule has 20 heavy (non-hydrogen) atoms. The first-order valence-corrected chi connectivity index (χ1v) is 5.94. The van der Waals surface area contributed by atoms with Crippen molar-refractivity contribution in [3.63, 3.8) is 0 Å². The number of hydrogen-bond donors (Lipinski definition) is 1. The molecule has 98 valence electrons. The van der Waals surface area contributed by atoms with Crippen LogP contribution in [0.3, 0.4) is 0 Å². The average Bonchev–Trinajstić information content (AvgIpc) is 2.46. The number of halogens is 1. The lowest BCUT2D eigenvalue weighted by molar-refractivity contribution is 0.612. The molecule has 0 aliphatic heterocycles. The Kier molecular flexibility index (Phi) is 3.93. The van der Waals surface area contributed by atoms with Gasteiger partial charge >= 0.3 is 0 Å². The quantitative estimate of drug-likeness (QED) is 0.927. The fourth-order valence-corrected chi connectivity index (χ4v) is 1.77. The van der Waals surface area contributed by atoms with Gasteiger partial charge in [0.25, 0.3) is 0 Å². The third-order valence-corrected chi connectivity index (χ3v) is 2.90. The zero-order valence-electron chi connectivity index (χ0n) is 10.8. The second kappa shape index (κ2) is 5.81. The number of aryl methyl sites for hydroxylation is 1. The molecule has 1 aromatic heterocycles. The molecule has 0 bridgehead atoms. The topological polar surface area (TPSA) is 72.5 Å². The van der Waals surface area contributed by atoms with Crippen LogP contribution in [0.4, 0.5) is 10.2 Å². The van der Waals surface area contributed by atoms with Gasteiger partial charge in [0, 0.05) is 18.3 Å². The first-order valence-electron chi connectivity index (χ1n) is 5.94. The van der Waals surface area contributed by atoms with E-state index in [9.17, 15) is 4.39 Å². The van der Waals surface area contributed by atoms with Gasteiger partial charge in [-0.25, -0.2) is 9.37 Å². The largest absolute Gasteiger partial charge is 0.365 e. The predicted octanol–water partition coefficient (Wildman–Crippen LogP) is 2.88. The van der Waals surface area contributed by atoms with Crippen LogP contribution in [-0.2, 0) is 6.54 Å². The molecule has 1 N–H and O–H groups in total. The lowest BCUT2D eigenvalue weighted by atomic mass is 10.1. The molecule has 5 heteroatoms. The third-order valence-electron chi connectivity index (χ3n) is 2.90. The number of benzene rings is 1. The smallest absolute Gasteiger partial charge is 0.144 e. The molecule has 0 atom stereocenters. The standard InChI is InChI=1S/C15H11FN4/c1-10-4-5-19-15(13(10)8-18)20-9-12-3-2-11(7-17)6-14(12)16/h2-6H,9H2,1H3,(H,19,20). The Hall–Kier alpha value is -2.92. The highest BCUT2D eigenvalue weighted by Crippen LogP contribution is 2.17. The summed E-state index contributed by atoms with van der Waals surface area (Å²) in [5.74, 6) is -0.0287. The molecule has 0 fully saturated rings. The minimum absolute atomic E-state index is 0.197. The van der Waals surface area contributed by atoms with Crippen LogP contribution in [0.1, 0.15) is 22.3 Å². The van der Waals surface area contributed by atoms with Gasteiger partial charge in [-0.1, -0.05) is 6.07 Å². The molecule has 0 radical (unpaired) electrons. The van der Waals surface area contributed by atoms with Crippen LogP contribution in [0.2, 0.25) is 0 Å². The van der Waals surface area contributed by atoms with Crippen LogP contribution < -0.4 is 5.32 Å². The number of anilines is 1. The van der Waals surface area contributed by atoms with E-state index in [2.05, 4.69) is 16.4 Å². The van der Waals surface area contributed by atoms with E-state index >= 15 is 0 Å². The van der Waals surface area contributed by atoms with E-state index in [0.717, 1.165) is 5.56 Å². The summed E-state index contributed by atoms with van der Waals surface area (Å²) in [7, 11) is 0. The summed E-state index contributed by atoms with van der Waals surface area (Å²) in [6.07, 6.45) is 1.59. The average molecular weight is 266 g/mol. The van der Waals surface area contributed by atoms with Crippen LogP contribution in [0.25, 0.3) is 0 Å². The number of nitrogens with one attached hydrogen (secondary N) is 1. The molecule has 1 heterocycles. The molecule has 4 nitrogen and oxygen atoms in total. The Morgan fingerprint density at radius 1 is 1.25 bits per heavy atom. The number of aromatic nitrogens is 1. The summed E-state index contributed by atoms with van der Waals surface area (Å²) < 4.78 is 13.7. The van der Waals surface area contributed by atoms with Crippen molar-refractivity contribution in [1.82, 2.24) is 4.98 Å². The zero-order valence-corrected chi connectivity index (χ0v) is 10.8. The lowest BCUT2D eigenvalue weighted by Crippen LogP contribution is -2.06. The Morgan fingerprint density at radius 3 is 2.70 bits per heavy atom. The van der Waals surface area contributed by atoms with Crippen molar-refractivity contribution < 1.29 is 4.39 Å². The molecular weight excluding hydrogens is 255 g/mol. The maximum absolute atomic E-state index is 13.7. The van der Waals surface area contributed by atoms with E-state index in [1.165, 1.54) is 6.07 Å². The minimum Gasteiger partial charge on any atom is -0.365 e. The van der Waals surface area contributed by atoms with E-state index in [1.54, 1.807) is 24.4 Å². The molecule has 2 aromatic rings. The summed E-state index contributed by atoms with van der Waals surface area (Å²) in [6, 6.07) is 9.97. The number of rotatable bonds is 3. The van der Waals surface area contributed by atoms with Crippen molar-refractivity contribution in [3.05, 3.63) is 58.5 Å². The summed E-state index contributed by atoms with van der Waals surface area (Å²) in [5.41, 5.74) is 1.95. The minimum atomic E-state index is -0.456. The molecule has 0 aliphatic rings. The van der Waals surface area contributed by atoms with Crippen LogP contribution >= 0.6 is 0 Å². The van der Waals surface area contributed by atoms with Crippen molar-refractivity contribution in [2.75, 3.05) is 5.32 Å². The fraction of sp³-hybridized carbons (Fsp3) is 0.133. The van der Waals surface area contributed by atoms with Gasteiger partial charge in [0.2, 0.25) is 0 Å². The summed E-state index contributed by atoms with van der Waals surface area (Å²) in [4.78, 5) is 4.08. The van der Waals surface area contributed by atoms with Gasteiger partial charge in [-0.15, -0.1) is 0 Å². The normalized spacial score (nSPS) is 9.60. The zero-order chi connectivity index (χ0) is 14.5. The Morgan fingerprint density at radius 2 is 2.05 bits per heavy atom.